The highest BCUT2D eigenvalue weighted by Gasteiger charge is 2.09. The van der Waals surface area contributed by atoms with E-state index in [0.29, 0.717) is 31.0 Å². The summed E-state index contributed by atoms with van der Waals surface area (Å²) in [6.45, 7) is 8.67. The summed E-state index contributed by atoms with van der Waals surface area (Å²) < 4.78 is 10.5. The number of carbonyl (C=O) groups excluding carboxylic acids is 2. The molecule has 0 fully saturated rings. The number of carbonyl (C=O) groups is 2. The lowest BCUT2D eigenvalue weighted by atomic mass is 10.1. The Bertz CT molecular complexity index is 897. The summed E-state index contributed by atoms with van der Waals surface area (Å²) in [4.78, 5) is 32.6. The molecule has 0 spiro atoms. The number of nitrogens with zero attached hydrogens (tertiary/aromatic N) is 2. The number of aromatic nitrogens is 2. The van der Waals surface area contributed by atoms with Crippen LogP contribution in [0, 0.1) is 13.8 Å². The molecule has 0 bridgehead atoms. The van der Waals surface area contributed by atoms with Crippen molar-refractivity contribution in [1.29, 1.82) is 0 Å². The average Bonchev–Trinajstić information content (AvgIpc) is 2.75. The SMILES string of the molecule is C=C(CCNC(=O)c1cnc(CCCOC)cn1)NC(=O)COc1ccc(C)c(C)c1. The monoisotopic (exact) mass is 426 g/mol. The molecule has 0 aliphatic carbocycles. The van der Waals surface area contributed by atoms with Crippen molar-refractivity contribution in [2.45, 2.75) is 33.1 Å². The fourth-order valence-corrected chi connectivity index (χ4v) is 2.66. The lowest BCUT2D eigenvalue weighted by molar-refractivity contribution is -0.122. The predicted molar refractivity (Wildman–Crippen MR) is 118 cm³/mol. The lowest BCUT2D eigenvalue weighted by Gasteiger charge is -2.11. The van der Waals surface area contributed by atoms with Crippen LogP contribution in [0.1, 0.15) is 40.2 Å². The maximum atomic E-state index is 12.2. The minimum absolute atomic E-state index is 0.111. The molecule has 2 rings (SSSR count). The van der Waals surface area contributed by atoms with Crippen LogP contribution in [0.2, 0.25) is 0 Å². The fraction of sp³-hybridized carbons (Fsp3) is 0.391. The molecule has 2 amide bonds. The second-order valence-corrected chi connectivity index (χ2v) is 7.18. The van der Waals surface area contributed by atoms with Gasteiger partial charge in [-0.05, 0) is 49.9 Å². The minimum atomic E-state index is -0.326. The fourth-order valence-electron chi connectivity index (χ4n) is 2.66. The smallest absolute Gasteiger partial charge is 0.271 e. The van der Waals surface area contributed by atoms with E-state index >= 15 is 0 Å². The van der Waals surface area contributed by atoms with Crippen molar-refractivity contribution in [3.63, 3.8) is 0 Å². The van der Waals surface area contributed by atoms with Gasteiger partial charge in [0.05, 0.1) is 11.9 Å². The average molecular weight is 427 g/mol. The summed E-state index contributed by atoms with van der Waals surface area (Å²) in [6.07, 6.45) is 5.04. The molecule has 0 atom stereocenters. The van der Waals surface area contributed by atoms with Crippen LogP contribution in [0.5, 0.6) is 5.75 Å². The van der Waals surface area contributed by atoms with Crippen molar-refractivity contribution < 1.29 is 19.1 Å². The largest absolute Gasteiger partial charge is 0.484 e. The summed E-state index contributed by atoms with van der Waals surface area (Å²) in [5.74, 6) is 0.0135. The van der Waals surface area contributed by atoms with Gasteiger partial charge in [0.15, 0.2) is 6.61 Å². The first-order valence-corrected chi connectivity index (χ1v) is 10.1. The Hall–Kier alpha value is -3.26. The molecule has 0 aliphatic rings. The summed E-state index contributed by atoms with van der Waals surface area (Å²) in [7, 11) is 1.65. The molecule has 2 N–H and O–H groups in total. The van der Waals surface area contributed by atoms with Crippen LogP contribution in [0.25, 0.3) is 0 Å². The molecule has 0 radical (unpaired) electrons. The first-order chi connectivity index (χ1) is 14.9. The first kappa shape index (κ1) is 24.0. The minimum Gasteiger partial charge on any atom is -0.484 e. The highest BCUT2D eigenvalue weighted by Crippen LogP contribution is 2.16. The molecule has 0 unspecified atom stereocenters. The Morgan fingerprint density at radius 1 is 1.13 bits per heavy atom. The van der Waals surface area contributed by atoms with Gasteiger partial charge in [-0.25, -0.2) is 4.98 Å². The van der Waals surface area contributed by atoms with Crippen LogP contribution in [-0.4, -0.2) is 48.7 Å². The molecule has 0 saturated heterocycles. The number of benzene rings is 1. The number of aryl methyl sites for hydroxylation is 3. The third-order valence-corrected chi connectivity index (χ3v) is 4.60. The van der Waals surface area contributed by atoms with Gasteiger partial charge in [-0.15, -0.1) is 0 Å². The number of methoxy groups -OCH3 is 1. The molecule has 8 heteroatoms. The lowest BCUT2D eigenvalue weighted by Crippen LogP contribution is -2.31. The zero-order chi connectivity index (χ0) is 22.6. The number of amides is 2. The van der Waals surface area contributed by atoms with E-state index in [1.807, 2.05) is 32.0 Å². The number of hydrogen-bond acceptors (Lipinski definition) is 6. The highest BCUT2D eigenvalue weighted by atomic mass is 16.5. The second kappa shape index (κ2) is 12.4. The Kier molecular flexibility index (Phi) is 9.64. The van der Waals surface area contributed by atoms with Crippen LogP contribution in [0.15, 0.2) is 42.9 Å². The van der Waals surface area contributed by atoms with Crippen LogP contribution in [0.4, 0.5) is 0 Å². The van der Waals surface area contributed by atoms with E-state index in [1.165, 1.54) is 6.20 Å². The van der Waals surface area contributed by atoms with Gasteiger partial charge in [0.2, 0.25) is 0 Å². The van der Waals surface area contributed by atoms with Crippen molar-refractivity contribution in [2.75, 3.05) is 26.9 Å². The van der Waals surface area contributed by atoms with E-state index in [4.69, 9.17) is 9.47 Å². The van der Waals surface area contributed by atoms with E-state index in [0.717, 1.165) is 29.7 Å². The van der Waals surface area contributed by atoms with Gasteiger partial charge < -0.3 is 20.1 Å². The van der Waals surface area contributed by atoms with Crippen LogP contribution in [-0.2, 0) is 16.0 Å². The maximum absolute atomic E-state index is 12.2. The molecule has 1 aromatic carbocycles. The van der Waals surface area contributed by atoms with Crippen LogP contribution >= 0.6 is 0 Å². The van der Waals surface area contributed by atoms with Crippen molar-refractivity contribution >= 4 is 11.8 Å². The quantitative estimate of drug-likeness (QED) is 0.506. The Labute approximate surface area is 183 Å². The van der Waals surface area contributed by atoms with Gasteiger partial charge in [0, 0.05) is 38.6 Å². The number of hydrogen-bond donors (Lipinski definition) is 2. The highest BCUT2D eigenvalue weighted by molar-refractivity contribution is 5.91. The van der Waals surface area contributed by atoms with Gasteiger partial charge in [-0.1, -0.05) is 12.6 Å². The van der Waals surface area contributed by atoms with Crippen LogP contribution in [0.3, 0.4) is 0 Å². The molecule has 166 valence electrons. The normalized spacial score (nSPS) is 10.4. The predicted octanol–water partition coefficient (Wildman–Crippen LogP) is 2.50. The Balaban J connectivity index is 1.66. The third-order valence-electron chi connectivity index (χ3n) is 4.60. The molecule has 1 heterocycles. The molecule has 8 nitrogen and oxygen atoms in total. The number of nitrogens with one attached hydrogen (secondary N) is 2. The molecular formula is C23H30N4O4. The first-order valence-electron chi connectivity index (χ1n) is 10.1. The summed E-state index contributed by atoms with van der Waals surface area (Å²) in [5.41, 5.74) is 3.81. The molecule has 1 aromatic heterocycles. The number of rotatable bonds is 12. The Morgan fingerprint density at radius 3 is 2.61 bits per heavy atom. The molecule has 31 heavy (non-hydrogen) atoms. The topological polar surface area (TPSA) is 102 Å². The summed E-state index contributed by atoms with van der Waals surface area (Å²) in [5, 5.41) is 5.41. The zero-order valence-corrected chi connectivity index (χ0v) is 18.4. The van der Waals surface area contributed by atoms with Gasteiger partial charge in [-0.2, -0.15) is 0 Å². The molecule has 2 aromatic rings. The number of ether oxygens (including phenoxy) is 2. The van der Waals surface area contributed by atoms with Crippen LogP contribution < -0.4 is 15.4 Å². The summed E-state index contributed by atoms with van der Waals surface area (Å²) >= 11 is 0. The summed E-state index contributed by atoms with van der Waals surface area (Å²) in [6, 6.07) is 5.67. The second-order valence-electron chi connectivity index (χ2n) is 7.18. The third kappa shape index (κ3) is 8.55. The van der Waals surface area contributed by atoms with Gasteiger partial charge in [0.1, 0.15) is 11.4 Å². The molecular weight excluding hydrogens is 396 g/mol. The van der Waals surface area contributed by atoms with Gasteiger partial charge in [-0.3, -0.25) is 14.6 Å². The van der Waals surface area contributed by atoms with Crippen molar-refractivity contribution in [1.82, 2.24) is 20.6 Å². The van der Waals surface area contributed by atoms with Crippen molar-refractivity contribution in [3.05, 3.63) is 65.4 Å². The van der Waals surface area contributed by atoms with Crippen molar-refractivity contribution in [3.8, 4) is 5.75 Å². The Morgan fingerprint density at radius 2 is 1.94 bits per heavy atom. The van der Waals surface area contributed by atoms with E-state index in [9.17, 15) is 9.59 Å². The maximum Gasteiger partial charge on any atom is 0.271 e. The van der Waals surface area contributed by atoms with E-state index < -0.39 is 0 Å². The van der Waals surface area contributed by atoms with Crippen molar-refractivity contribution in [2.24, 2.45) is 0 Å². The molecule has 0 saturated carbocycles. The van der Waals surface area contributed by atoms with Gasteiger partial charge in [0.25, 0.3) is 11.8 Å². The van der Waals surface area contributed by atoms with Gasteiger partial charge >= 0.3 is 0 Å². The van der Waals surface area contributed by atoms with E-state index in [1.54, 1.807) is 13.3 Å². The zero-order valence-electron chi connectivity index (χ0n) is 18.4. The standard InChI is InChI=1S/C23H30N4O4/c1-16-7-8-20(12-17(16)2)31-15-22(28)27-18(3)9-10-24-23(29)21-14-25-19(13-26-21)6-5-11-30-4/h7-8,12-14H,3,5-6,9-11,15H2,1-2,4H3,(H,24,29)(H,27,28). The van der Waals surface area contributed by atoms with E-state index in [-0.39, 0.29) is 24.1 Å². The molecule has 0 aliphatic heterocycles. The van der Waals surface area contributed by atoms with E-state index in [2.05, 4.69) is 27.2 Å².